The molecule has 0 spiro atoms. The molecule has 6 heteroatoms. The van der Waals surface area contributed by atoms with Gasteiger partial charge >= 0.3 is 0 Å². The molecule has 4 rings (SSSR count). The molecule has 0 radical (unpaired) electrons. The summed E-state index contributed by atoms with van der Waals surface area (Å²) in [5, 5.41) is 0. The lowest BCUT2D eigenvalue weighted by molar-refractivity contribution is -0.150. The van der Waals surface area contributed by atoms with Gasteiger partial charge in [-0.05, 0) is 46.9 Å². The number of piperazine rings is 1. The number of benzene rings is 2. The Morgan fingerprint density at radius 3 is 2.61 bits per heavy atom. The molecule has 2 aromatic carbocycles. The van der Waals surface area contributed by atoms with Crippen LogP contribution in [0.4, 0.5) is 0 Å². The number of aromatic nitrogens is 1. The van der Waals surface area contributed by atoms with Crippen LogP contribution in [0.25, 0.3) is 11.1 Å². The zero-order chi connectivity index (χ0) is 23.2. The van der Waals surface area contributed by atoms with Crippen molar-refractivity contribution in [2.24, 2.45) is 0 Å². The van der Waals surface area contributed by atoms with Crippen molar-refractivity contribution < 1.29 is 14.3 Å². The molecule has 1 aromatic heterocycles. The van der Waals surface area contributed by atoms with Crippen LogP contribution in [0.1, 0.15) is 17.5 Å². The first kappa shape index (κ1) is 22.5. The van der Waals surface area contributed by atoms with Gasteiger partial charge in [-0.15, -0.1) is 0 Å². The number of methoxy groups -OCH3 is 1. The van der Waals surface area contributed by atoms with E-state index in [1.54, 1.807) is 36.4 Å². The van der Waals surface area contributed by atoms with E-state index in [4.69, 9.17) is 4.74 Å². The molecule has 1 aliphatic rings. The topological polar surface area (TPSA) is 62.7 Å². The third kappa shape index (κ3) is 5.22. The Labute approximate surface area is 194 Å². The second kappa shape index (κ2) is 10.3. The van der Waals surface area contributed by atoms with Gasteiger partial charge in [0.05, 0.1) is 7.11 Å². The van der Waals surface area contributed by atoms with Crippen LogP contribution < -0.4 is 4.74 Å². The molecule has 1 saturated heterocycles. The Kier molecular flexibility index (Phi) is 7.03. The first-order valence-electron chi connectivity index (χ1n) is 11.2. The summed E-state index contributed by atoms with van der Waals surface area (Å²) in [6.07, 6.45) is 4.94. The highest BCUT2D eigenvalue weighted by atomic mass is 16.5. The second-order valence-corrected chi connectivity index (χ2v) is 8.31. The average Bonchev–Trinajstić information content (AvgIpc) is 2.86. The third-order valence-electron chi connectivity index (χ3n) is 6.20. The van der Waals surface area contributed by atoms with Gasteiger partial charge in [0.2, 0.25) is 11.8 Å². The number of amides is 2. The highest BCUT2D eigenvalue weighted by Crippen LogP contribution is 2.24. The lowest BCUT2D eigenvalue weighted by atomic mass is 9.97. The fraction of sp³-hybridized carbons (Fsp3) is 0.296. The van der Waals surface area contributed by atoms with Crippen molar-refractivity contribution in [2.75, 3.05) is 27.2 Å². The average molecular weight is 444 g/mol. The van der Waals surface area contributed by atoms with E-state index in [1.807, 2.05) is 54.6 Å². The zero-order valence-corrected chi connectivity index (χ0v) is 19.1. The number of carbonyl (C=O) groups excluding carboxylic acids is 2. The lowest BCUT2D eigenvalue weighted by Gasteiger charge is -2.39. The highest BCUT2D eigenvalue weighted by molar-refractivity contribution is 5.89. The molecule has 1 atom stereocenters. The van der Waals surface area contributed by atoms with Crippen LogP contribution in [-0.4, -0.2) is 59.9 Å². The van der Waals surface area contributed by atoms with E-state index in [2.05, 4.69) is 11.1 Å². The summed E-state index contributed by atoms with van der Waals surface area (Å²) < 4.78 is 5.41. The van der Waals surface area contributed by atoms with Gasteiger partial charge < -0.3 is 14.5 Å². The van der Waals surface area contributed by atoms with Crippen LogP contribution in [0.3, 0.4) is 0 Å². The number of likely N-dealkylation sites (N-methyl/N-ethyl adjacent to an activating group) is 1. The Morgan fingerprint density at radius 1 is 1.03 bits per heavy atom. The predicted molar refractivity (Wildman–Crippen MR) is 128 cm³/mol. The smallest absolute Gasteiger partial charge is 0.245 e. The molecule has 0 unspecified atom stereocenters. The number of hydrogen-bond donors (Lipinski definition) is 0. The van der Waals surface area contributed by atoms with Gasteiger partial charge in [-0.3, -0.25) is 14.6 Å². The maximum absolute atomic E-state index is 13.2. The first-order chi connectivity index (χ1) is 16.1. The summed E-state index contributed by atoms with van der Waals surface area (Å²) >= 11 is 0. The Balaban J connectivity index is 1.51. The van der Waals surface area contributed by atoms with Crippen molar-refractivity contribution in [1.82, 2.24) is 14.8 Å². The molecule has 2 heterocycles. The monoisotopic (exact) mass is 443 g/mol. The van der Waals surface area contributed by atoms with Crippen LogP contribution in [0.5, 0.6) is 5.75 Å². The molecule has 1 fully saturated rings. The summed E-state index contributed by atoms with van der Waals surface area (Å²) in [5.74, 6) is 0.767. The fourth-order valence-corrected chi connectivity index (χ4v) is 4.35. The zero-order valence-electron chi connectivity index (χ0n) is 19.1. The molecule has 0 saturated carbocycles. The number of para-hydroxylation sites is 1. The third-order valence-corrected chi connectivity index (χ3v) is 6.20. The summed E-state index contributed by atoms with van der Waals surface area (Å²) in [5.41, 5.74) is 4.17. The normalized spacial score (nSPS) is 16.1. The van der Waals surface area contributed by atoms with Crippen molar-refractivity contribution in [1.29, 1.82) is 0 Å². The van der Waals surface area contributed by atoms with Crippen molar-refractivity contribution in [3.63, 3.8) is 0 Å². The molecule has 2 amide bonds. The van der Waals surface area contributed by atoms with Crippen molar-refractivity contribution >= 4 is 11.8 Å². The summed E-state index contributed by atoms with van der Waals surface area (Å²) in [6.45, 7) is 1.09. The van der Waals surface area contributed by atoms with Gasteiger partial charge in [0.25, 0.3) is 0 Å². The van der Waals surface area contributed by atoms with Crippen molar-refractivity contribution in [2.45, 2.75) is 25.3 Å². The van der Waals surface area contributed by atoms with E-state index in [-0.39, 0.29) is 11.8 Å². The van der Waals surface area contributed by atoms with Crippen LogP contribution in [-0.2, 0) is 22.4 Å². The van der Waals surface area contributed by atoms with Crippen molar-refractivity contribution in [3.8, 4) is 16.9 Å². The van der Waals surface area contributed by atoms with E-state index in [9.17, 15) is 9.59 Å². The first-order valence-corrected chi connectivity index (χ1v) is 11.2. The SMILES string of the molecule is COc1ccccc1CCC(=O)N1CCN(C)C(=O)[C@H]1Cc1cccc(-c2ccncc2)c1. The second-order valence-electron chi connectivity index (χ2n) is 8.31. The number of hydrogen-bond acceptors (Lipinski definition) is 4. The molecule has 1 aliphatic heterocycles. The summed E-state index contributed by atoms with van der Waals surface area (Å²) in [4.78, 5) is 33.9. The van der Waals surface area contributed by atoms with E-state index < -0.39 is 6.04 Å². The molecular formula is C27H29N3O3. The van der Waals surface area contributed by atoms with Crippen LogP contribution in [0, 0.1) is 0 Å². The highest BCUT2D eigenvalue weighted by Gasteiger charge is 2.35. The minimum absolute atomic E-state index is 0.00218. The van der Waals surface area contributed by atoms with E-state index in [0.29, 0.717) is 32.4 Å². The van der Waals surface area contributed by atoms with Gasteiger partial charge in [0.15, 0.2) is 0 Å². The minimum atomic E-state index is -0.499. The molecule has 0 bridgehead atoms. The van der Waals surface area contributed by atoms with E-state index >= 15 is 0 Å². The Hall–Kier alpha value is -3.67. The van der Waals surface area contributed by atoms with E-state index in [0.717, 1.165) is 28.0 Å². The van der Waals surface area contributed by atoms with Gasteiger partial charge in [0, 0.05) is 45.4 Å². The largest absolute Gasteiger partial charge is 0.496 e. The van der Waals surface area contributed by atoms with E-state index in [1.165, 1.54) is 0 Å². The Morgan fingerprint density at radius 2 is 1.82 bits per heavy atom. The lowest BCUT2D eigenvalue weighted by Crippen LogP contribution is -2.58. The maximum atomic E-state index is 13.2. The Bertz CT molecular complexity index is 1120. The standard InChI is InChI=1S/C27H29N3O3/c1-29-16-17-30(26(31)11-10-22-7-3-4-9-25(22)33-2)24(27(29)32)19-20-6-5-8-23(18-20)21-12-14-28-15-13-21/h3-9,12-15,18,24H,10-11,16-17,19H2,1-2H3/t24-/m1/s1. The predicted octanol–water partition coefficient (Wildman–Crippen LogP) is 3.60. The van der Waals surface area contributed by atoms with Crippen LogP contribution in [0.15, 0.2) is 73.1 Å². The quantitative estimate of drug-likeness (QED) is 0.560. The summed E-state index contributed by atoms with van der Waals surface area (Å²) in [7, 11) is 3.44. The molecule has 33 heavy (non-hydrogen) atoms. The number of pyridine rings is 1. The number of carbonyl (C=O) groups is 2. The fourth-order valence-electron chi connectivity index (χ4n) is 4.35. The number of aryl methyl sites for hydroxylation is 1. The van der Waals surface area contributed by atoms with Gasteiger partial charge in [-0.1, -0.05) is 42.5 Å². The molecular weight excluding hydrogens is 414 g/mol. The number of nitrogens with zero attached hydrogens (tertiary/aromatic N) is 3. The van der Waals surface area contributed by atoms with Gasteiger partial charge in [-0.25, -0.2) is 0 Å². The van der Waals surface area contributed by atoms with Crippen molar-refractivity contribution in [3.05, 3.63) is 84.2 Å². The van der Waals surface area contributed by atoms with Crippen LogP contribution in [0.2, 0.25) is 0 Å². The summed E-state index contributed by atoms with van der Waals surface area (Å²) in [6, 6.07) is 19.3. The number of rotatable bonds is 7. The molecule has 6 nitrogen and oxygen atoms in total. The number of ether oxygens (including phenoxy) is 1. The molecule has 0 aliphatic carbocycles. The minimum Gasteiger partial charge on any atom is -0.496 e. The van der Waals surface area contributed by atoms with Gasteiger partial charge in [0.1, 0.15) is 11.8 Å². The van der Waals surface area contributed by atoms with Crippen LogP contribution >= 0.6 is 0 Å². The van der Waals surface area contributed by atoms with Gasteiger partial charge in [-0.2, -0.15) is 0 Å². The molecule has 3 aromatic rings. The molecule has 0 N–H and O–H groups in total. The molecule has 170 valence electrons. The maximum Gasteiger partial charge on any atom is 0.245 e.